The number of thiazole rings is 1. The standard InChI is InChI=1S/C10H14N2O2S.Li.H/c1-12(2)6-3-4-7-8(5-6)15-9(11-7)10(13)14;;/h6H,3-5H2,1-2H3,(H,13,14);;. The Labute approximate surface area is 111 Å². The summed E-state index contributed by atoms with van der Waals surface area (Å²) >= 11 is 1.33. The van der Waals surface area contributed by atoms with Crippen LogP contribution in [0.5, 0.6) is 0 Å². The first kappa shape index (κ1) is 13.7. The molecule has 0 fully saturated rings. The van der Waals surface area contributed by atoms with Gasteiger partial charge in [-0.1, -0.05) is 0 Å². The van der Waals surface area contributed by atoms with Gasteiger partial charge in [-0.3, -0.25) is 0 Å². The Bertz CT molecular complexity index is 392. The zero-order valence-electron chi connectivity index (χ0n) is 8.86. The van der Waals surface area contributed by atoms with Gasteiger partial charge in [-0.25, -0.2) is 9.78 Å². The Morgan fingerprint density at radius 2 is 2.25 bits per heavy atom. The van der Waals surface area contributed by atoms with E-state index in [-0.39, 0.29) is 23.9 Å². The monoisotopic (exact) mass is 234 g/mol. The maximum absolute atomic E-state index is 10.8. The van der Waals surface area contributed by atoms with Gasteiger partial charge in [0.15, 0.2) is 0 Å². The van der Waals surface area contributed by atoms with Crippen molar-refractivity contribution in [3.05, 3.63) is 15.6 Å². The van der Waals surface area contributed by atoms with Crippen LogP contribution in [0.3, 0.4) is 0 Å². The molecule has 0 saturated carbocycles. The summed E-state index contributed by atoms with van der Waals surface area (Å²) in [7, 11) is 4.13. The van der Waals surface area contributed by atoms with E-state index >= 15 is 0 Å². The number of hydrogen-bond donors (Lipinski definition) is 1. The number of fused-ring (bicyclic) bond motifs is 1. The van der Waals surface area contributed by atoms with E-state index in [2.05, 4.69) is 24.0 Å². The topological polar surface area (TPSA) is 53.4 Å². The van der Waals surface area contributed by atoms with E-state index in [1.54, 1.807) is 0 Å². The van der Waals surface area contributed by atoms with Gasteiger partial charge in [0.05, 0.1) is 5.69 Å². The molecule has 1 aliphatic rings. The van der Waals surface area contributed by atoms with E-state index in [9.17, 15) is 4.79 Å². The minimum absolute atomic E-state index is 0. The quantitative estimate of drug-likeness (QED) is 0.762. The second-order valence-electron chi connectivity index (χ2n) is 4.05. The number of likely N-dealkylation sites (N-methyl/N-ethyl adjacent to an activating group) is 1. The van der Waals surface area contributed by atoms with Gasteiger partial charge in [0.1, 0.15) is 0 Å². The van der Waals surface area contributed by atoms with Gasteiger partial charge >= 0.3 is 24.8 Å². The predicted molar refractivity (Wildman–Crippen MR) is 65.7 cm³/mol. The molecule has 1 unspecified atom stereocenters. The summed E-state index contributed by atoms with van der Waals surface area (Å²) < 4.78 is 0. The summed E-state index contributed by atoms with van der Waals surface area (Å²) in [6.45, 7) is 0. The zero-order valence-corrected chi connectivity index (χ0v) is 9.67. The number of carboxylic acids is 1. The molecule has 1 aromatic heterocycles. The van der Waals surface area contributed by atoms with Gasteiger partial charge in [0.25, 0.3) is 0 Å². The van der Waals surface area contributed by atoms with Crippen molar-refractivity contribution >= 4 is 36.2 Å². The molecule has 0 spiro atoms. The molecular formula is C10H15LiN2O2S. The van der Waals surface area contributed by atoms with Crippen LogP contribution in [-0.2, 0) is 12.8 Å². The summed E-state index contributed by atoms with van der Waals surface area (Å²) in [6, 6.07) is 0.527. The third kappa shape index (κ3) is 2.66. The molecule has 0 aliphatic heterocycles. The molecule has 4 nitrogen and oxygen atoms in total. The van der Waals surface area contributed by atoms with Gasteiger partial charge in [0, 0.05) is 10.9 Å². The second kappa shape index (κ2) is 5.33. The van der Waals surface area contributed by atoms with Gasteiger partial charge < -0.3 is 10.0 Å². The van der Waals surface area contributed by atoms with E-state index in [0.29, 0.717) is 6.04 Å². The van der Waals surface area contributed by atoms with Gasteiger partial charge in [-0.2, -0.15) is 0 Å². The molecule has 1 aromatic rings. The summed E-state index contributed by atoms with van der Waals surface area (Å²) in [6.07, 6.45) is 2.91. The van der Waals surface area contributed by atoms with E-state index in [0.717, 1.165) is 29.8 Å². The normalized spacial score (nSPS) is 19.1. The van der Waals surface area contributed by atoms with Crippen LogP contribution in [0.25, 0.3) is 0 Å². The molecule has 0 aromatic carbocycles. The van der Waals surface area contributed by atoms with Crippen molar-refractivity contribution in [3.63, 3.8) is 0 Å². The maximum atomic E-state index is 10.8. The van der Waals surface area contributed by atoms with Gasteiger partial charge in [-0.15, -0.1) is 11.3 Å². The number of carboxylic acid groups (broad SMARTS) is 1. The number of hydrogen-bond acceptors (Lipinski definition) is 4. The number of carbonyl (C=O) groups is 1. The van der Waals surface area contributed by atoms with Crippen molar-refractivity contribution in [2.75, 3.05) is 14.1 Å². The van der Waals surface area contributed by atoms with Crippen LogP contribution in [0.4, 0.5) is 0 Å². The molecule has 1 N–H and O–H groups in total. The van der Waals surface area contributed by atoms with Crippen molar-refractivity contribution in [3.8, 4) is 0 Å². The summed E-state index contributed by atoms with van der Waals surface area (Å²) in [5, 5.41) is 9.08. The SMILES string of the molecule is CN(C)C1CCc2nc(C(=O)O)sc2C1.[LiH]. The molecule has 6 heteroatoms. The average molecular weight is 234 g/mol. The van der Waals surface area contributed by atoms with Crippen LogP contribution in [0.15, 0.2) is 0 Å². The first-order chi connectivity index (χ1) is 7.08. The zero-order chi connectivity index (χ0) is 11.0. The van der Waals surface area contributed by atoms with Crippen molar-refractivity contribution in [1.82, 2.24) is 9.88 Å². The summed E-state index contributed by atoms with van der Waals surface area (Å²) in [5.74, 6) is -0.907. The number of aromatic carboxylic acids is 1. The molecular weight excluding hydrogens is 219 g/mol. The van der Waals surface area contributed by atoms with Crippen LogP contribution in [0, 0.1) is 0 Å². The van der Waals surface area contributed by atoms with Crippen molar-refractivity contribution in [2.45, 2.75) is 25.3 Å². The third-order valence-electron chi connectivity index (χ3n) is 2.83. The third-order valence-corrected chi connectivity index (χ3v) is 3.93. The number of nitrogens with zero attached hydrogens (tertiary/aromatic N) is 2. The molecule has 0 amide bonds. The molecule has 16 heavy (non-hydrogen) atoms. The molecule has 1 atom stereocenters. The van der Waals surface area contributed by atoms with Crippen LogP contribution in [0.1, 0.15) is 26.8 Å². The number of aryl methyl sites for hydroxylation is 1. The van der Waals surface area contributed by atoms with Crippen LogP contribution in [-0.4, -0.2) is 60.0 Å². The fourth-order valence-electron chi connectivity index (χ4n) is 1.89. The van der Waals surface area contributed by atoms with Gasteiger partial charge in [0.2, 0.25) is 5.01 Å². The second-order valence-corrected chi connectivity index (χ2v) is 5.14. The van der Waals surface area contributed by atoms with E-state index in [4.69, 9.17) is 5.11 Å². The van der Waals surface area contributed by atoms with E-state index < -0.39 is 5.97 Å². The molecule has 1 heterocycles. The van der Waals surface area contributed by atoms with Crippen LogP contribution >= 0.6 is 11.3 Å². The number of aromatic nitrogens is 1. The fourth-order valence-corrected chi connectivity index (χ4v) is 2.91. The van der Waals surface area contributed by atoms with Crippen molar-refractivity contribution in [2.24, 2.45) is 0 Å². The van der Waals surface area contributed by atoms with Gasteiger partial charge in [-0.05, 0) is 33.4 Å². The Morgan fingerprint density at radius 3 is 2.81 bits per heavy atom. The van der Waals surface area contributed by atoms with Crippen LogP contribution in [0.2, 0.25) is 0 Å². The van der Waals surface area contributed by atoms with E-state index in [1.807, 2.05) is 0 Å². The van der Waals surface area contributed by atoms with Crippen LogP contribution < -0.4 is 0 Å². The molecule has 1 aliphatic carbocycles. The molecule has 2 rings (SSSR count). The molecule has 0 radical (unpaired) electrons. The Balaban J connectivity index is 0.00000128. The fraction of sp³-hybridized carbons (Fsp3) is 0.600. The Morgan fingerprint density at radius 1 is 1.56 bits per heavy atom. The van der Waals surface area contributed by atoms with Crippen molar-refractivity contribution in [1.29, 1.82) is 0 Å². The first-order valence-corrected chi connectivity index (χ1v) is 5.78. The molecule has 0 bridgehead atoms. The van der Waals surface area contributed by atoms with Crippen molar-refractivity contribution < 1.29 is 9.90 Å². The Hall–Kier alpha value is -0.343. The minimum atomic E-state index is -0.907. The van der Waals surface area contributed by atoms with E-state index in [1.165, 1.54) is 11.3 Å². The Kier molecular flexibility index (Phi) is 4.57. The number of rotatable bonds is 2. The predicted octanol–water partition coefficient (Wildman–Crippen LogP) is 0.612. The summed E-state index contributed by atoms with van der Waals surface area (Å²) in [5.41, 5.74) is 0.996. The summed E-state index contributed by atoms with van der Waals surface area (Å²) in [4.78, 5) is 18.3. The molecule has 0 saturated heterocycles. The molecule has 84 valence electrons. The first-order valence-electron chi connectivity index (χ1n) is 4.96. The average Bonchev–Trinajstić information content (AvgIpc) is 2.59.